The maximum Gasteiger partial charge on any atom is 0.184 e. The van der Waals surface area contributed by atoms with Gasteiger partial charge in [0.1, 0.15) is 0 Å². The van der Waals surface area contributed by atoms with E-state index >= 15 is 0 Å². The number of hydrazone groups is 1. The summed E-state index contributed by atoms with van der Waals surface area (Å²) in [7, 11) is 1.62. The Morgan fingerprint density at radius 2 is 2.30 bits per heavy atom. The van der Waals surface area contributed by atoms with Crippen molar-refractivity contribution in [2.45, 2.75) is 13.3 Å². The zero-order valence-electron chi connectivity index (χ0n) is 11.7. The first kappa shape index (κ1) is 16.0. The molecule has 0 fully saturated rings. The monoisotopic (exact) mass is 293 g/mol. The molecule has 0 atom stereocenters. The minimum atomic E-state index is 0.117. The van der Waals surface area contributed by atoms with Crippen molar-refractivity contribution in [1.82, 2.24) is 5.43 Å². The van der Waals surface area contributed by atoms with Crippen LogP contribution in [0.25, 0.3) is 0 Å². The van der Waals surface area contributed by atoms with Crippen molar-refractivity contribution in [1.29, 1.82) is 0 Å². The van der Waals surface area contributed by atoms with Crippen LogP contribution in [0.5, 0.6) is 11.5 Å². The van der Waals surface area contributed by atoms with E-state index in [1.165, 1.54) is 0 Å². The minimum absolute atomic E-state index is 0.117. The number of rotatable bonds is 7. The third-order valence-electron chi connectivity index (χ3n) is 2.41. The van der Waals surface area contributed by atoms with Crippen LogP contribution in [0.3, 0.4) is 0 Å². The van der Waals surface area contributed by atoms with Crippen LogP contribution in [0.15, 0.2) is 29.9 Å². The Labute approximate surface area is 124 Å². The lowest BCUT2D eigenvalue weighted by Gasteiger charge is -2.14. The highest BCUT2D eigenvalue weighted by Crippen LogP contribution is 2.33. The summed E-state index contributed by atoms with van der Waals surface area (Å²) in [6, 6.07) is 3.80. The number of ether oxygens (including phenoxy) is 2. The Bertz CT molecular complexity index is 515. The summed E-state index contributed by atoms with van der Waals surface area (Å²) >= 11 is 4.68. The maximum atomic E-state index is 5.59. The van der Waals surface area contributed by atoms with Crippen LogP contribution in [0.2, 0.25) is 0 Å². The Hall–Kier alpha value is -2.08. The Morgan fingerprint density at radius 1 is 1.55 bits per heavy atom. The van der Waals surface area contributed by atoms with Gasteiger partial charge >= 0.3 is 0 Å². The lowest BCUT2D eigenvalue weighted by molar-refractivity contribution is 0.309. The van der Waals surface area contributed by atoms with Gasteiger partial charge in [-0.3, -0.25) is 5.43 Å². The number of benzene rings is 1. The molecule has 108 valence electrons. The lowest BCUT2D eigenvalue weighted by Crippen LogP contribution is -2.24. The van der Waals surface area contributed by atoms with Crippen LogP contribution < -0.4 is 20.6 Å². The fraction of sp³-hybridized carbons (Fsp3) is 0.286. The van der Waals surface area contributed by atoms with Gasteiger partial charge in [0.25, 0.3) is 0 Å². The van der Waals surface area contributed by atoms with E-state index in [1.807, 2.05) is 25.1 Å². The number of allylic oxidation sites excluding steroid dienone is 1. The summed E-state index contributed by atoms with van der Waals surface area (Å²) in [6.07, 6.45) is 4.10. The fourth-order valence-electron chi connectivity index (χ4n) is 1.73. The molecule has 0 saturated carbocycles. The molecule has 0 aliphatic carbocycles. The summed E-state index contributed by atoms with van der Waals surface area (Å²) < 4.78 is 11.0. The fourth-order valence-corrected chi connectivity index (χ4v) is 1.78. The quantitative estimate of drug-likeness (QED) is 0.348. The number of thiocarbonyl (C=S) groups is 1. The molecule has 1 aromatic carbocycles. The van der Waals surface area contributed by atoms with Crippen LogP contribution in [0.1, 0.15) is 18.1 Å². The van der Waals surface area contributed by atoms with Crippen LogP contribution >= 0.6 is 12.2 Å². The summed E-state index contributed by atoms with van der Waals surface area (Å²) in [5.74, 6) is 1.39. The zero-order valence-corrected chi connectivity index (χ0v) is 12.5. The molecule has 0 aromatic heterocycles. The molecule has 1 rings (SSSR count). The first-order valence-corrected chi connectivity index (χ1v) is 6.56. The van der Waals surface area contributed by atoms with E-state index in [0.29, 0.717) is 24.5 Å². The molecule has 0 amide bonds. The number of methoxy groups -OCH3 is 1. The second kappa shape index (κ2) is 8.16. The number of hydrogen-bond donors (Lipinski definition) is 2. The van der Waals surface area contributed by atoms with E-state index in [4.69, 9.17) is 15.2 Å². The van der Waals surface area contributed by atoms with E-state index in [0.717, 1.165) is 11.1 Å². The highest BCUT2D eigenvalue weighted by Gasteiger charge is 2.11. The van der Waals surface area contributed by atoms with Gasteiger partial charge in [-0.1, -0.05) is 6.08 Å². The largest absolute Gasteiger partial charge is 0.493 e. The molecule has 1 aromatic rings. The van der Waals surface area contributed by atoms with Gasteiger partial charge < -0.3 is 15.2 Å². The SMILES string of the molecule is C=CCc1cc(C=NNC(N)=S)cc(OCC)c1OC. The normalized spacial score (nSPS) is 10.3. The molecule has 0 aliphatic rings. The third-order valence-corrected chi connectivity index (χ3v) is 2.50. The van der Waals surface area contributed by atoms with Gasteiger partial charge in [-0.2, -0.15) is 5.10 Å². The summed E-state index contributed by atoms with van der Waals surface area (Å²) in [5.41, 5.74) is 9.65. The smallest absolute Gasteiger partial charge is 0.184 e. The number of nitrogens with two attached hydrogens (primary N) is 1. The number of nitrogens with one attached hydrogen (secondary N) is 1. The summed E-state index contributed by atoms with van der Waals surface area (Å²) in [4.78, 5) is 0. The van der Waals surface area contributed by atoms with Crippen molar-refractivity contribution in [2.75, 3.05) is 13.7 Å². The van der Waals surface area contributed by atoms with Crippen LogP contribution in [-0.4, -0.2) is 25.0 Å². The standard InChI is InChI=1S/C14H19N3O2S/c1-4-6-11-7-10(9-16-17-14(15)20)8-12(19-5-2)13(11)18-3/h4,7-9H,1,5-6H2,2-3H3,(H3,15,17,20). The van der Waals surface area contributed by atoms with Gasteiger partial charge in [0.05, 0.1) is 19.9 Å². The van der Waals surface area contributed by atoms with Gasteiger partial charge in [0.2, 0.25) is 0 Å². The Balaban J connectivity index is 3.15. The summed E-state index contributed by atoms with van der Waals surface area (Å²) in [6.45, 7) is 6.22. The molecule has 0 spiro atoms. The van der Waals surface area contributed by atoms with Gasteiger partial charge in [0, 0.05) is 5.56 Å². The van der Waals surface area contributed by atoms with Crippen molar-refractivity contribution in [3.8, 4) is 11.5 Å². The number of hydrogen-bond acceptors (Lipinski definition) is 4. The van der Waals surface area contributed by atoms with E-state index in [2.05, 4.69) is 29.3 Å². The van der Waals surface area contributed by atoms with Gasteiger partial charge in [-0.25, -0.2) is 0 Å². The molecule has 6 heteroatoms. The topological polar surface area (TPSA) is 68.9 Å². The molecule has 3 N–H and O–H groups in total. The molecule has 0 heterocycles. The summed E-state index contributed by atoms with van der Waals surface area (Å²) in [5, 5.41) is 4.05. The highest BCUT2D eigenvalue weighted by atomic mass is 32.1. The van der Waals surface area contributed by atoms with Gasteiger partial charge in [-0.15, -0.1) is 6.58 Å². The molecular formula is C14H19N3O2S. The predicted molar refractivity (Wildman–Crippen MR) is 85.6 cm³/mol. The average Bonchev–Trinajstić information content (AvgIpc) is 2.39. The van der Waals surface area contributed by atoms with Crippen LogP contribution in [0.4, 0.5) is 0 Å². The van der Waals surface area contributed by atoms with E-state index < -0.39 is 0 Å². The number of nitrogens with zero attached hydrogens (tertiary/aromatic N) is 1. The molecule has 20 heavy (non-hydrogen) atoms. The van der Waals surface area contributed by atoms with Crippen molar-refractivity contribution >= 4 is 23.5 Å². The van der Waals surface area contributed by atoms with E-state index in [1.54, 1.807) is 13.3 Å². The van der Waals surface area contributed by atoms with Crippen molar-refractivity contribution in [2.24, 2.45) is 10.8 Å². The average molecular weight is 293 g/mol. The first-order valence-electron chi connectivity index (χ1n) is 6.15. The molecule has 0 aliphatic heterocycles. The molecule has 0 saturated heterocycles. The van der Waals surface area contributed by atoms with Crippen LogP contribution in [0, 0.1) is 0 Å². The lowest BCUT2D eigenvalue weighted by atomic mass is 10.1. The minimum Gasteiger partial charge on any atom is -0.493 e. The third kappa shape index (κ3) is 4.55. The predicted octanol–water partition coefficient (Wildman–Crippen LogP) is 1.99. The van der Waals surface area contributed by atoms with Crippen molar-refractivity contribution in [3.05, 3.63) is 35.9 Å². The first-order chi connectivity index (χ1) is 9.62. The second-order valence-corrected chi connectivity index (χ2v) is 4.31. The molecule has 0 bridgehead atoms. The molecule has 5 nitrogen and oxygen atoms in total. The Morgan fingerprint density at radius 3 is 2.85 bits per heavy atom. The van der Waals surface area contributed by atoms with E-state index in [9.17, 15) is 0 Å². The second-order valence-electron chi connectivity index (χ2n) is 3.87. The van der Waals surface area contributed by atoms with Gasteiger partial charge in [-0.05, 0) is 43.3 Å². The maximum absolute atomic E-state index is 5.59. The van der Waals surface area contributed by atoms with Crippen molar-refractivity contribution in [3.63, 3.8) is 0 Å². The van der Waals surface area contributed by atoms with E-state index in [-0.39, 0.29) is 5.11 Å². The molecule has 0 radical (unpaired) electrons. The molecule has 0 unspecified atom stereocenters. The van der Waals surface area contributed by atoms with Crippen LogP contribution in [-0.2, 0) is 6.42 Å². The highest BCUT2D eigenvalue weighted by molar-refractivity contribution is 7.80. The molecular weight excluding hydrogens is 274 g/mol. The zero-order chi connectivity index (χ0) is 15.0. The Kier molecular flexibility index (Phi) is 6.52. The van der Waals surface area contributed by atoms with Gasteiger partial charge in [0.15, 0.2) is 16.6 Å². The van der Waals surface area contributed by atoms with Crippen molar-refractivity contribution < 1.29 is 9.47 Å².